The number of nitrogens with one attached hydrogen (secondary N) is 1. The molecule has 5 rings (SSSR count). The molecule has 0 aliphatic carbocycles. The number of carbonyl (C=O) groups is 3. The molecule has 1 aliphatic heterocycles. The van der Waals surface area contributed by atoms with Crippen molar-refractivity contribution in [2.45, 2.75) is 25.4 Å². The predicted octanol–water partition coefficient (Wildman–Crippen LogP) is 2.06. The van der Waals surface area contributed by atoms with E-state index < -0.39 is 5.56 Å². The van der Waals surface area contributed by atoms with E-state index in [4.69, 9.17) is 10.5 Å². The van der Waals surface area contributed by atoms with Gasteiger partial charge in [-0.3, -0.25) is 23.7 Å². The SMILES string of the molecule is COc1c(C(=O)NC2CCN(C(=O)CN)CC2)n(C)c2c1c(=O)n(CC(=O)c1ccccc1)c1ccccc21. The lowest BCUT2D eigenvalue weighted by Gasteiger charge is -2.32. The standard InChI is InChI=1S/C29H31N5O5/c1-32-25-20-10-6-7-11-21(20)34(17-22(35)18-8-4-3-5-9-18)29(38)24(25)27(39-2)26(32)28(37)31-19-12-14-33(15-13-19)23(36)16-30/h3-11,19H,12-17,30H2,1-2H3,(H,31,37). The lowest BCUT2D eigenvalue weighted by atomic mass is 10.0. The van der Waals surface area contributed by atoms with E-state index in [-0.39, 0.29) is 53.6 Å². The van der Waals surface area contributed by atoms with Crippen LogP contribution in [-0.2, 0) is 18.4 Å². The molecule has 2 aromatic heterocycles. The second kappa shape index (κ2) is 10.7. The summed E-state index contributed by atoms with van der Waals surface area (Å²) >= 11 is 0. The molecule has 2 amide bonds. The van der Waals surface area contributed by atoms with Crippen LogP contribution in [0.5, 0.6) is 5.75 Å². The summed E-state index contributed by atoms with van der Waals surface area (Å²) in [5, 5.41) is 4.02. The molecule has 1 saturated heterocycles. The van der Waals surface area contributed by atoms with Gasteiger partial charge in [0, 0.05) is 37.1 Å². The van der Waals surface area contributed by atoms with Crippen LogP contribution >= 0.6 is 0 Å². The van der Waals surface area contributed by atoms with Gasteiger partial charge in [-0.2, -0.15) is 0 Å². The highest BCUT2D eigenvalue weighted by atomic mass is 16.5. The van der Waals surface area contributed by atoms with E-state index in [2.05, 4.69) is 5.32 Å². The van der Waals surface area contributed by atoms with Crippen molar-refractivity contribution in [2.75, 3.05) is 26.7 Å². The van der Waals surface area contributed by atoms with E-state index in [1.807, 2.05) is 24.3 Å². The molecule has 1 fully saturated rings. The van der Waals surface area contributed by atoms with Crippen molar-refractivity contribution in [3.05, 3.63) is 76.2 Å². The third-order valence-corrected chi connectivity index (χ3v) is 7.43. The minimum absolute atomic E-state index is 0.0351. The monoisotopic (exact) mass is 529 g/mol. The van der Waals surface area contributed by atoms with Gasteiger partial charge in [0.25, 0.3) is 11.5 Å². The average Bonchev–Trinajstić information content (AvgIpc) is 3.28. The molecule has 3 N–H and O–H groups in total. The molecule has 0 radical (unpaired) electrons. The average molecular weight is 530 g/mol. The number of rotatable bonds is 7. The molecule has 0 saturated carbocycles. The Morgan fingerprint density at radius 2 is 1.69 bits per heavy atom. The lowest BCUT2D eigenvalue weighted by molar-refractivity contribution is -0.130. The summed E-state index contributed by atoms with van der Waals surface area (Å²) in [6.07, 6.45) is 1.20. The number of hydrogen-bond donors (Lipinski definition) is 2. The fraction of sp³-hybridized carbons (Fsp3) is 0.310. The Morgan fingerprint density at radius 3 is 2.36 bits per heavy atom. The smallest absolute Gasteiger partial charge is 0.272 e. The molecular weight excluding hydrogens is 498 g/mol. The van der Waals surface area contributed by atoms with Crippen LogP contribution in [0.3, 0.4) is 0 Å². The van der Waals surface area contributed by atoms with Gasteiger partial charge >= 0.3 is 0 Å². The van der Waals surface area contributed by atoms with Gasteiger partial charge in [0.2, 0.25) is 5.91 Å². The number of para-hydroxylation sites is 1. The van der Waals surface area contributed by atoms with Crippen LogP contribution in [0.25, 0.3) is 21.8 Å². The third kappa shape index (κ3) is 4.67. The van der Waals surface area contributed by atoms with Gasteiger partial charge in [-0.1, -0.05) is 48.5 Å². The predicted molar refractivity (Wildman–Crippen MR) is 148 cm³/mol. The molecule has 1 aliphatic rings. The first kappa shape index (κ1) is 26.2. The van der Waals surface area contributed by atoms with Gasteiger partial charge in [-0.25, -0.2) is 0 Å². The van der Waals surface area contributed by atoms with E-state index in [0.717, 1.165) is 5.39 Å². The fourth-order valence-corrected chi connectivity index (χ4v) is 5.45. The fourth-order valence-electron chi connectivity index (χ4n) is 5.45. The highest BCUT2D eigenvalue weighted by Crippen LogP contribution is 2.35. The number of hydrogen-bond acceptors (Lipinski definition) is 6. The zero-order valence-electron chi connectivity index (χ0n) is 22.0. The second-order valence-corrected chi connectivity index (χ2v) is 9.69. The number of piperidine rings is 1. The minimum atomic E-state index is -0.409. The maximum Gasteiger partial charge on any atom is 0.272 e. The third-order valence-electron chi connectivity index (χ3n) is 7.43. The largest absolute Gasteiger partial charge is 0.493 e. The molecule has 4 aromatic rings. The molecule has 0 bridgehead atoms. The van der Waals surface area contributed by atoms with E-state index >= 15 is 0 Å². The van der Waals surface area contributed by atoms with Crippen molar-refractivity contribution in [1.29, 1.82) is 0 Å². The summed E-state index contributed by atoms with van der Waals surface area (Å²) in [6, 6.07) is 16.0. The first-order valence-corrected chi connectivity index (χ1v) is 12.9. The zero-order valence-corrected chi connectivity index (χ0v) is 22.0. The minimum Gasteiger partial charge on any atom is -0.493 e. The molecule has 10 heteroatoms. The number of nitrogens with two attached hydrogens (primary N) is 1. The number of methoxy groups -OCH3 is 1. The highest BCUT2D eigenvalue weighted by molar-refractivity contribution is 6.12. The number of amides is 2. The normalized spacial score (nSPS) is 14.1. The van der Waals surface area contributed by atoms with E-state index in [9.17, 15) is 19.2 Å². The lowest BCUT2D eigenvalue weighted by Crippen LogP contribution is -2.48. The molecule has 2 aromatic carbocycles. The number of ether oxygens (including phenoxy) is 1. The summed E-state index contributed by atoms with van der Waals surface area (Å²) in [5.41, 5.74) is 6.95. The van der Waals surface area contributed by atoms with Crippen molar-refractivity contribution in [3.63, 3.8) is 0 Å². The number of Topliss-reactive ketones (excluding diaryl/α,β-unsaturated/α-hetero) is 1. The number of aromatic nitrogens is 2. The highest BCUT2D eigenvalue weighted by Gasteiger charge is 2.30. The van der Waals surface area contributed by atoms with Gasteiger partial charge in [0.15, 0.2) is 17.2 Å². The second-order valence-electron chi connectivity index (χ2n) is 9.69. The summed E-state index contributed by atoms with van der Waals surface area (Å²) < 4.78 is 8.81. The molecule has 0 unspecified atom stereocenters. The topological polar surface area (TPSA) is 129 Å². The summed E-state index contributed by atoms with van der Waals surface area (Å²) in [4.78, 5) is 54.2. The number of fused-ring (bicyclic) bond motifs is 3. The maximum absolute atomic E-state index is 13.9. The molecule has 0 spiro atoms. The van der Waals surface area contributed by atoms with Gasteiger partial charge in [-0.15, -0.1) is 0 Å². The summed E-state index contributed by atoms with van der Waals surface area (Å²) in [5.74, 6) is -0.513. The van der Waals surface area contributed by atoms with Gasteiger partial charge in [-0.05, 0) is 18.9 Å². The number of likely N-dealkylation sites (tertiary alicyclic amines) is 1. The van der Waals surface area contributed by atoms with E-state index in [1.165, 1.54) is 11.7 Å². The number of aryl methyl sites for hydroxylation is 1. The van der Waals surface area contributed by atoms with Gasteiger partial charge < -0.3 is 25.3 Å². The Morgan fingerprint density at radius 1 is 1.03 bits per heavy atom. The Kier molecular flexibility index (Phi) is 7.21. The number of benzene rings is 2. The Hall–Kier alpha value is -4.44. The van der Waals surface area contributed by atoms with Crippen LogP contribution in [0, 0.1) is 0 Å². The first-order chi connectivity index (χ1) is 18.8. The Bertz CT molecular complexity index is 1630. The van der Waals surface area contributed by atoms with Crippen LogP contribution in [0.1, 0.15) is 33.7 Å². The quantitative estimate of drug-likeness (QED) is 0.353. The molecule has 10 nitrogen and oxygen atoms in total. The molecule has 3 heterocycles. The van der Waals surface area contributed by atoms with Crippen molar-refractivity contribution in [3.8, 4) is 5.75 Å². The van der Waals surface area contributed by atoms with E-state index in [0.29, 0.717) is 42.5 Å². The first-order valence-electron chi connectivity index (χ1n) is 12.9. The molecule has 39 heavy (non-hydrogen) atoms. The van der Waals surface area contributed by atoms with Crippen LogP contribution < -0.4 is 21.3 Å². The Balaban J connectivity index is 1.56. The van der Waals surface area contributed by atoms with E-state index in [1.54, 1.807) is 46.8 Å². The Labute approximate surface area is 224 Å². The van der Waals surface area contributed by atoms with Crippen LogP contribution in [0.2, 0.25) is 0 Å². The number of ketones is 1. The van der Waals surface area contributed by atoms with Crippen LogP contribution in [-0.4, -0.2) is 64.4 Å². The van der Waals surface area contributed by atoms with Crippen molar-refractivity contribution < 1.29 is 19.1 Å². The zero-order chi connectivity index (χ0) is 27.7. The molecule has 202 valence electrons. The van der Waals surface area contributed by atoms with Gasteiger partial charge in [0.05, 0.1) is 31.2 Å². The summed E-state index contributed by atoms with van der Waals surface area (Å²) in [6.45, 7) is 0.835. The maximum atomic E-state index is 13.9. The van der Waals surface area contributed by atoms with Crippen molar-refractivity contribution in [1.82, 2.24) is 19.4 Å². The molecule has 0 atom stereocenters. The number of carbonyl (C=O) groups excluding carboxylic acids is 3. The van der Waals surface area contributed by atoms with Crippen LogP contribution in [0.15, 0.2) is 59.4 Å². The van der Waals surface area contributed by atoms with Crippen molar-refractivity contribution >= 4 is 39.4 Å². The number of nitrogens with zero attached hydrogens (tertiary/aromatic N) is 3. The summed E-state index contributed by atoms with van der Waals surface area (Å²) in [7, 11) is 3.16. The van der Waals surface area contributed by atoms with Crippen LogP contribution in [0.4, 0.5) is 0 Å². The number of pyridine rings is 1. The van der Waals surface area contributed by atoms with Gasteiger partial charge in [0.1, 0.15) is 5.39 Å². The molecular formula is C29H31N5O5. The van der Waals surface area contributed by atoms with Crippen molar-refractivity contribution in [2.24, 2.45) is 12.8 Å².